The van der Waals surface area contributed by atoms with Gasteiger partial charge in [-0.3, -0.25) is 4.79 Å². The molecule has 0 bridgehead atoms. The molecule has 11 unspecified atom stereocenters. The Morgan fingerprint density at radius 3 is 1.66 bits per heavy atom. The molecule has 324 valence electrons. The Morgan fingerprint density at radius 2 is 1.09 bits per heavy atom. The van der Waals surface area contributed by atoms with Crippen LogP contribution in [0.3, 0.4) is 0 Å². The number of unbranched alkanes of at least 4 members (excludes halogenated alkanes) is 9. The molecule has 2 aliphatic heterocycles. The molecule has 0 radical (unpaired) electrons. The van der Waals surface area contributed by atoms with E-state index in [0.717, 1.165) is 51.4 Å². The fourth-order valence-corrected chi connectivity index (χ4v) is 6.19. The topological polar surface area (TPSA) is 214 Å². The summed E-state index contributed by atoms with van der Waals surface area (Å²) in [5, 5.41) is 71.1. The fourth-order valence-electron chi connectivity index (χ4n) is 6.19. The lowest BCUT2D eigenvalue weighted by atomic mass is 9.98. The van der Waals surface area contributed by atoms with Crippen molar-refractivity contribution < 1.29 is 69.0 Å². The molecule has 2 rings (SSSR count). The first-order valence-electron chi connectivity index (χ1n) is 20.7. The van der Waals surface area contributed by atoms with Gasteiger partial charge in [-0.25, -0.2) is 0 Å². The average molecular weight is 801 g/mol. The molecule has 0 aromatic carbocycles. The molecule has 0 saturated carbocycles. The summed E-state index contributed by atoms with van der Waals surface area (Å²) in [7, 11) is 0. The van der Waals surface area contributed by atoms with Gasteiger partial charge in [-0.05, 0) is 44.9 Å². The first kappa shape index (κ1) is 50.1. The lowest BCUT2D eigenvalue weighted by Gasteiger charge is -2.42. The van der Waals surface area contributed by atoms with Crippen LogP contribution >= 0.6 is 0 Å². The number of carbonyl (C=O) groups is 1. The van der Waals surface area contributed by atoms with Crippen LogP contribution in [0.25, 0.3) is 0 Å². The van der Waals surface area contributed by atoms with Gasteiger partial charge in [-0.15, -0.1) is 0 Å². The zero-order valence-corrected chi connectivity index (χ0v) is 33.6. The summed E-state index contributed by atoms with van der Waals surface area (Å²) in [5.41, 5.74) is 0. The first-order chi connectivity index (χ1) is 27.1. The summed E-state index contributed by atoms with van der Waals surface area (Å²) in [6.45, 7) is 2.94. The van der Waals surface area contributed by atoms with Crippen molar-refractivity contribution in [2.45, 2.75) is 178 Å². The predicted molar refractivity (Wildman–Crippen MR) is 210 cm³/mol. The molecule has 2 saturated heterocycles. The molecule has 0 aromatic heterocycles. The van der Waals surface area contributed by atoms with Crippen molar-refractivity contribution in [3.63, 3.8) is 0 Å². The summed E-state index contributed by atoms with van der Waals surface area (Å²) < 4.78 is 33.3. The maximum atomic E-state index is 12.1. The van der Waals surface area contributed by atoms with Crippen LogP contribution in [0.4, 0.5) is 0 Å². The number of carbonyl (C=O) groups excluding carboxylic acids is 1. The average Bonchev–Trinajstić information content (AvgIpc) is 3.20. The molecule has 2 heterocycles. The highest BCUT2D eigenvalue weighted by Gasteiger charge is 2.47. The molecule has 7 N–H and O–H groups in total. The van der Waals surface area contributed by atoms with Crippen molar-refractivity contribution in [3.8, 4) is 0 Å². The third-order valence-electron chi connectivity index (χ3n) is 9.66. The van der Waals surface area contributed by atoms with Crippen LogP contribution in [0.1, 0.15) is 110 Å². The predicted octanol–water partition coefficient (Wildman–Crippen LogP) is 3.67. The maximum Gasteiger partial charge on any atom is 0.305 e. The van der Waals surface area contributed by atoms with Crippen LogP contribution < -0.4 is 0 Å². The first-order valence-corrected chi connectivity index (χ1v) is 20.7. The van der Waals surface area contributed by atoms with Gasteiger partial charge in [0.1, 0.15) is 54.9 Å². The molecule has 0 aliphatic carbocycles. The van der Waals surface area contributed by atoms with Crippen molar-refractivity contribution >= 4 is 5.97 Å². The van der Waals surface area contributed by atoms with E-state index < -0.39 is 86.7 Å². The van der Waals surface area contributed by atoms with Crippen molar-refractivity contribution in [3.05, 3.63) is 48.6 Å². The van der Waals surface area contributed by atoms with Gasteiger partial charge in [-0.2, -0.15) is 0 Å². The van der Waals surface area contributed by atoms with Gasteiger partial charge < -0.3 is 64.2 Å². The molecule has 0 aromatic rings. The second kappa shape index (κ2) is 30.9. The second-order valence-corrected chi connectivity index (χ2v) is 14.4. The molecule has 14 nitrogen and oxygen atoms in total. The Balaban J connectivity index is 1.58. The molecule has 2 aliphatic rings. The highest BCUT2D eigenvalue weighted by molar-refractivity contribution is 5.69. The number of hydrogen-bond acceptors (Lipinski definition) is 14. The third kappa shape index (κ3) is 20.1. The number of esters is 1. The van der Waals surface area contributed by atoms with Gasteiger partial charge in [0, 0.05) is 13.0 Å². The van der Waals surface area contributed by atoms with E-state index in [9.17, 15) is 40.5 Å². The normalized spacial score (nSPS) is 29.3. The molecular formula is C42H72O14. The Bertz CT molecular complexity index is 1110. The third-order valence-corrected chi connectivity index (χ3v) is 9.66. The van der Waals surface area contributed by atoms with Gasteiger partial charge in [0.05, 0.1) is 26.4 Å². The van der Waals surface area contributed by atoms with Crippen LogP contribution in [0.15, 0.2) is 48.6 Å². The molecular weight excluding hydrogens is 728 g/mol. The maximum absolute atomic E-state index is 12.1. The van der Waals surface area contributed by atoms with E-state index in [0.29, 0.717) is 6.61 Å². The summed E-state index contributed by atoms with van der Waals surface area (Å²) in [4.78, 5) is 12.1. The molecule has 11 atom stereocenters. The largest absolute Gasteiger partial charge is 0.457 e. The van der Waals surface area contributed by atoms with E-state index in [2.05, 4.69) is 55.5 Å². The number of hydrogen-bond donors (Lipinski definition) is 7. The fraction of sp³-hybridized carbons (Fsp3) is 0.786. The van der Waals surface area contributed by atoms with Gasteiger partial charge in [-0.1, -0.05) is 107 Å². The zero-order valence-electron chi connectivity index (χ0n) is 33.6. The molecule has 0 spiro atoms. The lowest BCUT2D eigenvalue weighted by Crippen LogP contribution is -2.61. The minimum absolute atomic E-state index is 0.0459. The minimum Gasteiger partial charge on any atom is -0.457 e. The Morgan fingerprint density at radius 1 is 0.589 bits per heavy atom. The monoisotopic (exact) mass is 800 g/mol. The van der Waals surface area contributed by atoms with Crippen LogP contribution in [0.5, 0.6) is 0 Å². The van der Waals surface area contributed by atoms with E-state index in [4.69, 9.17) is 28.4 Å². The zero-order chi connectivity index (χ0) is 41.0. The van der Waals surface area contributed by atoms with Crippen molar-refractivity contribution in [1.29, 1.82) is 0 Å². The Labute approximate surface area is 333 Å². The van der Waals surface area contributed by atoms with Crippen molar-refractivity contribution in [2.24, 2.45) is 0 Å². The van der Waals surface area contributed by atoms with Crippen LogP contribution in [-0.4, -0.2) is 142 Å². The minimum atomic E-state index is -1.70. The number of rotatable bonds is 30. The molecule has 56 heavy (non-hydrogen) atoms. The second-order valence-electron chi connectivity index (χ2n) is 14.4. The Hall–Kier alpha value is -2.05. The highest BCUT2D eigenvalue weighted by Crippen LogP contribution is 2.26. The number of ether oxygens (including phenoxy) is 6. The highest BCUT2D eigenvalue weighted by atomic mass is 16.7. The lowest BCUT2D eigenvalue weighted by molar-refractivity contribution is -0.332. The quantitative estimate of drug-likeness (QED) is 0.0314. The van der Waals surface area contributed by atoms with E-state index in [1.807, 2.05) is 0 Å². The van der Waals surface area contributed by atoms with E-state index in [-0.39, 0.29) is 19.6 Å². The molecule has 14 heteroatoms. The molecule has 2 fully saturated rings. The van der Waals surface area contributed by atoms with Crippen LogP contribution in [-0.2, 0) is 33.2 Å². The number of aliphatic hydroxyl groups excluding tert-OH is 7. The summed E-state index contributed by atoms with van der Waals surface area (Å²) in [6.07, 6.45) is 17.4. The van der Waals surface area contributed by atoms with Crippen LogP contribution in [0, 0.1) is 0 Å². The van der Waals surface area contributed by atoms with Gasteiger partial charge in [0.25, 0.3) is 0 Å². The van der Waals surface area contributed by atoms with Gasteiger partial charge in [0.15, 0.2) is 12.6 Å². The van der Waals surface area contributed by atoms with Gasteiger partial charge >= 0.3 is 5.97 Å². The summed E-state index contributed by atoms with van der Waals surface area (Å²) in [5.74, 6) is -0.469. The number of aliphatic hydroxyl groups is 7. The van der Waals surface area contributed by atoms with Crippen molar-refractivity contribution in [1.82, 2.24) is 0 Å². The van der Waals surface area contributed by atoms with Crippen molar-refractivity contribution in [2.75, 3.05) is 33.0 Å². The van der Waals surface area contributed by atoms with E-state index in [1.165, 1.54) is 38.5 Å². The summed E-state index contributed by atoms with van der Waals surface area (Å²) in [6, 6.07) is 0. The van der Waals surface area contributed by atoms with Crippen LogP contribution in [0.2, 0.25) is 0 Å². The molecule has 0 amide bonds. The SMILES string of the molecule is CC/C=C\C/C=C\C/C=C\C/C=C\CCCCCCCCCCCOCC(COC1OC(COC2OC(CO)C(O)C(O)C2O)C(O)C(O)C1O)OC(=O)CC. The van der Waals surface area contributed by atoms with Gasteiger partial charge in [0.2, 0.25) is 0 Å². The smallest absolute Gasteiger partial charge is 0.305 e. The van der Waals surface area contributed by atoms with E-state index >= 15 is 0 Å². The van der Waals surface area contributed by atoms with E-state index in [1.54, 1.807) is 6.92 Å². The number of allylic oxidation sites excluding steroid dienone is 8. The standard InChI is InChI=1S/C42H72O14/c1-3-5-6-7-8-9-10-11-12-13-14-15-16-17-18-19-20-21-22-23-24-25-26-51-28-31(54-34(44)4-2)29-52-41-40(50)38(48)36(46)33(56-41)30-53-42-39(49)37(47)35(45)32(27-43)55-42/h5-6,8-9,11-12,14-15,31-33,35-43,45-50H,3-4,7,10,13,16-30H2,1-2H3/b6-5-,9-8-,12-11-,15-14-. The summed E-state index contributed by atoms with van der Waals surface area (Å²) >= 11 is 0. The Kier molecular flexibility index (Phi) is 27.7.